The number of carbonyl (C=O) groups is 1. The topological polar surface area (TPSA) is 84.1 Å². The zero-order valence-electron chi connectivity index (χ0n) is 21.0. The van der Waals surface area contributed by atoms with Crippen molar-refractivity contribution in [3.63, 3.8) is 0 Å². The Bertz CT molecular complexity index is 1520. The van der Waals surface area contributed by atoms with Gasteiger partial charge in [0.15, 0.2) is 16.3 Å². The van der Waals surface area contributed by atoms with Crippen LogP contribution in [0, 0.1) is 13.8 Å². The van der Waals surface area contributed by atoms with Gasteiger partial charge in [-0.25, -0.2) is 9.79 Å². The quantitative estimate of drug-likeness (QED) is 0.491. The molecule has 1 aromatic carbocycles. The van der Waals surface area contributed by atoms with Crippen molar-refractivity contribution in [2.24, 2.45) is 12.0 Å². The van der Waals surface area contributed by atoms with Gasteiger partial charge in [-0.2, -0.15) is 0 Å². The third-order valence-corrected chi connectivity index (χ3v) is 7.32. The predicted octanol–water partition coefficient (Wildman–Crippen LogP) is 2.77. The molecule has 1 aliphatic heterocycles. The molecular formula is C26H29N3O5S. The predicted molar refractivity (Wildman–Crippen MR) is 135 cm³/mol. The van der Waals surface area contributed by atoms with Crippen LogP contribution in [0.5, 0.6) is 11.5 Å². The van der Waals surface area contributed by atoms with Gasteiger partial charge in [-0.1, -0.05) is 17.4 Å². The molecule has 0 bridgehead atoms. The van der Waals surface area contributed by atoms with Crippen LogP contribution in [0.1, 0.15) is 42.4 Å². The molecule has 9 heteroatoms. The van der Waals surface area contributed by atoms with E-state index < -0.39 is 12.0 Å². The Morgan fingerprint density at radius 3 is 2.46 bits per heavy atom. The highest BCUT2D eigenvalue weighted by atomic mass is 32.1. The van der Waals surface area contributed by atoms with Crippen molar-refractivity contribution < 1.29 is 19.0 Å². The van der Waals surface area contributed by atoms with Crippen LogP contribution in [0.25, 0.3) is 6.08 Å². The highest BCUT2D eigenvalue weighted by Gasteiger charge is 2.34. The maximum atomic E-state index is 13.8. The van der Waals surface area contributed by atoms with Crippen molar-refractivity contribution >= 4 is 23.4 Å². The molecule has 3 aromatic rings. The standard InChI is InChI=1S/C26H29N3O5S/c1-8-34-25(31)22-15(3)27-26-29(23(22)17-9-10-19(32-6)20(12-17)33-7)24(30)21(35-26)13-18-11-14(2)28(5)16(18)4/h9-13,23H,8H2,1-7H3. The third kappa shape index (κ3) is 4.20. The Hall–Kier alpha value is -3.59. The first-order valence-electron chi connectivity index (χ1n) is 11.3. The van der Waals surface area contributed by atoms with Crippen molar-refractivity contribution in [3.05, 3.63) is 77.7 Å². The molecule has 4 rings (SSSR count). The maximum Gasteiger partial charge on any atom is 0.338 e. The number of rotatable bonds is 6. The molecule has 1 atom stereocenters. The lowest BCUT2D eigenvalue weighted by atomic mass is 9.95. The van der Waals surface area contributed by atoms with Crippen LogP contribution in [-0.4, -0.2) is 35.9 Å². The summed E-state index contributed by atoms with van der Waals surface area (Å²) >= 11 is 1.30. The number of thiazole rings is 1. The van der Waals surface area contributed by atoms with E-state index in [1.54, 1.807) is 44.8 Å². The zero-order chi connectivity index (χ0) is 25.4. The Balaban J connectivity index is 1.99. The van der Waals surface area contributed by atoms with Crippen LogP contribution >= 0.6 is 11.3 Å². The van der Waals surface area contributed by atoms with E-state index in [-0.39, 0.29) is 12.2 Å². The number of nitrogens with zero attached hydrogens (tertiary/aromatic N) is 3. The second-order valence-corrected chi connectivity index (χ2v) is 9.31. The highest BCUT2D eigenvalue weighted by Crippen LogP contribution is 2.36. The van der Waals surface area contributed by atoms with Gasteiger partial charge in [0.25, 0.3) is 5.56 Å². The molecule has 184 valence electrons. The lowest BCUT2D eigenvalue weighted by molar-refractivity contribution is -0.139. The largest absolute Gasteiger partial charge is 0.493 e. The molecule has 35 heavy (non-hydrogen) atoms. The second kappa shape index (κ2) is 9.58. The van der Waals surface area contributed by atoms with Crippen LogP contribution in [0.4, 0.5) is 0 Å². The van der Waals surface area contributed by atoms with Crippen LogP contribution in [0.3, 0.4) is 0 Å². The van der Waals surface area contributed by atoms with Crippen LogP contribution < -0.4 is 24.4 Å². The Labute approximate surface area is 207 Å². The molecule has 8 nitrogen and oxygen atoms in total. The SMILES string of the molecule is CCOC(=O)C1=C(C)N=c2sc(=Cc3cc(C)n(C)c3C)c(=O)n2C1c1ccc(OC)c(OC)c1. The van der Waals surface area contributed by atoms with Gasteiger partial charge in [0, 0.05) is 18.4 Å². The average Bonchev–Trinajstić information content (AvgIpc) is 3.27. The first kappa shape index (κ1) is 24.5. The summed E-state index contributed by atoms with van der Waals surface area (Å²) in [6.07, 6.45) is 1.89. The van der Waals surface area contributed by atoms with Gasteiger partial charge in [-0.05, 0) is 63.1 Å². The van der Waals surface area contributed by atoms with Gasteiger partial charge < -0.3 is 18.8 Å². The van der Waals surface area contributed by atoms with Crippen LogP contribution in [-0.2, 0) is 16.6 Å². The summed E-state index contributed by atoms with van der Waals surface area (Å²) in [7, 11) is 5.10. The number of methoxy groups -OCH3 is 2. The zero-order valence-corrected chi connectivity index (χ0v) is 21.8. The fraction of sp³-hybridized carbons (Fsp3) is 0.346. The molecule has 0 spiro atoms. The first-order chi connectivity index (χ1) is 16.7. The summed E-state index contributed by atoms with van der Waals surface area (Å²) in [6, 6.07) is 6.70. The van der Waals surface area contributed by atoms with Crippen molar-refractivity contribution in [1.29, 1.82) is 0 Å². The number of allylic oxidation sites excluding steroid dienone is 1. The number of carbonyl (C=O) groups excluding carboxylic acids is 1. The van der Waals surface area contributed by atoms with E-state index in [0.717, 1.165) is 17.0 Å². The monoisotopic (exact) mass is 495 g/mol. The lowest BCUT2D eigenvalue weighted by Gasteiger charge is -2.25. The average molecular weight is 496 g/mol. The summed E-state index contributed by atoms with van der Waals surface area (Å²) in [5.74, 6) is 0.551. The molecule has 1 unspecified atom stereocenters. The van der Waals surface area contributed by atoms with Crippen molar-refractivity contribution in [3.8, 4) is 11.5 Å². The molecule has 3 heterocycles. The van der Waals surface area contributed by atoms with E-state index in [1.807, 2.05) is 33.0 Å². The number of aryl methyl sites for hydroxylation is 1. The number of hydrogen-bond acceptors (Lipinski definition) is 7. The normalized spacial score (nSPS) is 15.6. The molecule has 1 aliphatic rings. The van der Waals surface area contributed by atoms with Gasteiger partial charge in [-0.3, -0.25) is 9.36 Å². The lowest BCUT2D eigenvalue weighted by Crippen LogP contribution is -2.40. The number of benzene rings is 1. The molecule has 0 aliphatic carbocycles. The molecular weight excluding hydrogens is 466 g/mol. The number of fused-ring (bicyclic) bond motifs is 1. The van der Waals surface area contributed by atoms with E-state index in [0.29, 0.717) is 37.7 Å². The number of esters is 1. The summed E-state index contributed by atoms with van der Waals surface area (Å²) in [5.41, 5.74) is 4.45. The van der Waals surface area contributed by atoms with E-state index in [9.17, 15) is 9.59 Å². The second-order valence-electron chi connectivity index (χ2n) is 8.30. The Morgan fingerprint density at radius 1 is 1.14 bits per heavy atom. The van der Waals surface area contributed by atoms with Crippen LogP contribution in [0.15, 0.2) is 45.3 Å². The Morgan fingerprint density at radius 2 is 1.86 bits per heavy atom. The number of hydrogen-bond donors (Lipinski definition) is 0. The summed E-state index contributed by atoms with van der Waals surface area (Å²) in [5, 5.41) is 0. The summed E-state index contributed by atoms with van der Waals surface area (Å²) in [4.78, 5) is 32.0. The van der Waals surface area contributed by atoms with Gasteiger partial charge in [0.2, 0.25) is 0 Å². The minimum absolute atomic E-state index is 0.214. The van der Waals surface area contributed by atoms with Gasteiger partial charge >= 0.3 is 5.97 Å². The summed E-state index contributed by atoms with van der Waals surface area (Å²) in [6.45, 7) is 7.77. The molecule has 0 N–H and O–H groups in total. The van der Waals surface area contributed by atoms with E-state index >= 15 is 0 Å². The van der Waals surface area contributed by atoms with Gasteiger partial charge in [-0.15, -0.1) is 0 Å². The molecule has 0 saturated carbocycles. The van der Waals surface area contributed by atoms with Crippen molar-refractivity contribution in [2.45, 2.75) is 33.7 Å². The maximum absolute atomic E-state index is 13.8. The van der Waals surface area contributed by atoms with Gasteiger partial charge in [0.05, 0.1) is 42.7 Å². The number of ether oxygens (including phenoxy) is 3. The van der Waals surface area contributed by atoms with Crippen molar-refractivity contribution in [2.75, 3.05) is 20.8 Å². The fourth-order valence-electron chi connectivity index (χ4n) is 4.30. The fourth-order valence-corrected chi connectivity index (χ4v) is 5.34. The summed E-state index contributed by atoms with van der Waals surface area (Å²) < 4.78 is 20.4. The smallest absolute Gasteiger partial charge is 0.338 e. The first-order valence-corrected chi connectivity index (χ1v) is 12.1. The molecule has 2 aromatic heterocycles. The molecule has 0 saturated heterocycles. The minimum Gasteiger partial charge on any atom is -0.493 e. The van der Waals surface area contributed by atoms with E-state index in [2.05, 4.69) is 15.6 Å². The minimum atomic E-state index is -0.717. The Kier molecular flexibility index (Phi) is 6.71. The molecule has 0 radical (unpaired) electrons. The van der Waals surface area contributed by atoms with E-state index in [4.69, 9.17) is 14.2 Å². The highest BCUT2D eigenvalue weighted by molar-refractivity contribution is 7.07. The van der Waals surface area contributed by atoms with Crippen LogP contribution in [0.2, 0.25) is 0 Å². The molecule has 0 fully saturated rings. The molecule has 0 amide bonds. The van der Waals surface area contributed by atoms with Crippen molar-refractivity contribution in [1.82, 2.24) is 9.13 Å². The number of aromatic nitrogens is 2. The van der Waals surface area contributed by atoms with Gasteiger partial charge in [0.1, 0.15) is 0 Å². The third-order valence-electron chi connectivity index (χ3n) is 6.34. The van der Waals surface area contributed by atoms with E-state index in [1.165, 1.54) is 11.3 Å².